The lowest BCUT2D eigenvalue weighted by Gasteiger charge is -2.31. The average Bonchev–Trinajstić information content (AvgIpc) is 3.67. The Labute approximate surface area is 247 Å². The lowest BCUT2D eigenvalue weighted by molar-refractivity contribution is -0.384. The molecule has 3 N–H and O–H groups in total. The van der Waals surface area contributed by atoms with Gasteiger partial charge in [-0.3, -0.25) is 19.8 Å². The number of amides is 1. The largest absolute Gasteiger partial charge is 0.455 e. The molecule has 2 aromatic heterocycles. The average molecular weight is 607 g/mol. The third-order valence-corrected chi connectivity index (χ3v) is 9.05. The molecule has 0 aliphatic carbocycles. The number of nitro groups is 1. The Morgan fingerprint density at radius 2 is 1.93 bits per heavy atom. The number of nitro benzene ring substituents is 1. The number of H-pyrrole nitrogens is 1. The highest BCUT2D eigenvalue weighted by atomic mass is 32.2. The number of carbonyl (C=O) groups is 1. The summed E-state index contributed by atoms with van der Waals surface area (Å²) in [5.41, 5.74) is 0.459. The second-order valence-corrected chi connectivity index (χ2v) is 12.2. The van der Waals surface area contributed by atoms with E-state index in [2.05, 4.69) is 20.2 Å². The molecule has 0 saturated carbocycles. The van der Waals surface area contributed by atoms with Crippen molar-refractivity contribution in [3.8, 4) is 11.5 Å². The molecule has 2 fully saturated rings. The molecule has 43 heavy (non-hydrogen) atoms. The maximum Gasteiger partial charge on any atom is 0.293 e. The first-order valence-corrected chi connectivity index (χ1v) is 15.4. The Balaban J connectivity index is 1.16. The summed E-state index contributed by atoms with van der Waals surface area (Å²) in [4.78, 5) is 33.7. The first-order valence-electron chi connectivity index (χ1n) is 13.9. The van der Waals surface area contributed by atoms with Gasteiger partial charge in [-0.15, -0.1) is 0 Å². The molecule has 13 nitrogen and oxygen atoms in total. The van der Waals surface area contributed by atoms with E-state index in [0.717, 1.165) is 57.0 Å². The van der Waals surface area contributed by atoms with Crippen LogP contribution in [0.3, 0.4) is 0 Å². The summed E-state index contributed by atoms with van der Waals surface area (Å²) in [7, 11) is -4.47. The highest BCUT2D eigenvalue weighted by molar-refractivity contribution is 7.90. The van der Waals surface area contributed by atoms with Gasteiger partial charge >= 0.3 is 0 Å². The maximum atomic E-state index is 13.2. The number of sulfonamides is 1. The Kier molecular flexibility index (Phi) is 7.97. The Morgan fingerprint density at radius 1 is 1.12 bits per heavy atom. The van der Waals surface area contributed by atoms with Gasteiger partial charge in [-0.1, -0.05) is 12.1 Å². The molecule has 14 heteroatoms. The van der Waals surface area contributed by atoms with Crippen molar-refractivity contribution in [2.24, 2.45) is 0 Å². The third-order valence-electron chi connectivity index (χ3n) is 7.72. The van der Waals surface area contributed by atoms with E-state index in [4.69, 9.17) is 9.47 Å². The van der Waals surface area contributed by atoms with Gasteiger partial charge in [-0.05, 0) is 55.7 Å². The lowest BCUT2D eigenvalue weighted by Crippen LogP contribution is -2.39. The standard InChI is InChI=1S/C29H30N6O7S/c36-29(24-3-1-2-4-27(24)42-22-15-19-7-11-30-28(19)31-17-22)33-43(39,40)23-5-6-25(26(16-23)35(37)38)32-20-8-12-34(18-20)21-9-13-41-14-10-21/h1-7,11,15-17,20-21,32H,8-10,12-14,18H2,(H,30,31)(H,33,36)/t20-/m1/s1. The highest BCUT2D eigenvalue weighted by Crippen LogP contribution is 2.31. The number of rotatable bonds is 9. The van der Waals surface area contributed by atoms with Crippen molar-refractivity contribution in [1.82, 2.24) is 19.6 Å². The number of anilines is 1. The van der Waals surface area contributed by atoms with Crippen LogP contribution in [0.25, 0.3) is 11.0 Å². The van der Waals surface area contributed by atoms with E-state index in [1.807, 2.05) is 10.8 Å². The molecule has 224 valence electrons. The topological polar surface area (TPSA) is 169 Å². The number of aromatic amines is 1. The van der Waals surface area contributed by atoms with Crippen LogP contribution in [0.15, 0.2) is 71.9 Å². The van der Waals surface area contributed by atoms with E-state index >= 15 is 0 Å². The fourth-order valence-electron chi connectivity index (χ4n) is 5.54. The van der Waals surface area contributed by atoms with Crippen molar-refractivity contribution >= 4 is 38.3 Å². The Bertz CT molecular complexity index is 1770. The number of hydrogen-bond acceptors (Lipinski definition) is 10. The zero-order valence-corrected chi connectivity index (χ0v) is 23.9. The van der Waals surface area contributed by atoms with Crippen molar-refractivity contribution in [1.29, 1.82) is 0 Å². The molecule has 2 aliphatic rings. The van der Waals surface area contributed by atoms with Crippen LogP contribution < -0.4 is 14.8 Å². The Morgan fingerprint density at radius 3 is 2.74 bits per heavy atom. The van der Waals surface area contributed by atoms with E-state index < -0.39 is 31.4 Å². The summed E-state index contributed by atoms with van der Waals surface area (Å²) in [6.45, 7) is 3.07. The number of hydrogen-bond donors (Lipinski definition) is 3. The van der Waals surface area contributed by atoms with Gasteiger partial charge in [0.15, 0.2) is 0 Å². The number of nitrogens with zero attached hydrogens (tertiary/aromatic N) is 3. The molecule has 0 bridgehead atoms. The predicted octanol–water partition coefficient (Wildman–Crippen LogP) is 4.05. The molecule has 1 amide bonds. The summed E-state index contributed by atoms with van der Waals surface area (Å²) < 4.78 is 39.7. The number of likely N-dealkylation sites (tertiary alicyclic amines) is 1. The summed E-state index contributed by atoms with van der Waals surface area (Å²) in [6, 6.07) is 13.7. The normalized spacial score (nSPS) is 18.0. The fourth-order valence-corrected chi connectivity index (χ4v) is 6.53. The third kappa shape index (κ3) is 6.30. The number of para-hydroxylation sites is 1. The van der Waals surface area contributed by atoms with Gasteiger partial charge in [0.2, 0.25) is 0 Å². The number of pyridine rings is 1. The van der Waals surface area contributed by atoms with Gasteiger partial charge in [0, 0.05) is 56.0 Å². The molecule has 1 atom stereocenters. The van der Waals surface area contributed by atoms with Crippen molar-refractivity contribution in [2.75, 3.05) is 31.6 Å². The highest BCUT2D eigenvalue weighted by Gasteiger charge is 2.31. The number of ether oxygens (including phenoxy) is 2. The minimum absolute atomic E-state index is 0.0200. The van der Waals surface area contributed by atoms with E-state index in [1.165, 1.54) is 30.5 Å². The van der Waals surface area contributed by atoms with Crippen LogP contribution in [-0.2, 0) is 14.8 Å². The Hall–Kier alpha value is -4.53. The number of nitrogens with one attached hydrogen (secondary N) is 3. The van der Waals surface area contributed by atoms with E-state index in [9.17, 15) is 23.3 Å². The predicted molar refractivity (Wildman–Crippen MR) is 158 cm³/mol. The number of carbonyl (C=O) groups excluding carboxylic acids is 1. The van der Waals surface area contributed by atoms with Gasteiger partial charge in [-0.25, -0.2) is 18.1 Å². The van der Waals surface area contributed by atoms with Crippen LogP contribution in [-0.4, -0.2) is 72.5 Å². The number of benzene rings is 2. The quantitative estimate of drug-likeness (QED) is 0.187. The van der Waals surface area contributed by atoms with E-state index in [1.54, 1.807) is 24.4 Å². The lowest BCUT2D eigenvalue weighted by atomic mass is 10.1. The van der Waals surface area contributed by atoms with Gasteiger partial charge in [0.05, 0.1) is 21.6 Å². The summed E-state index contributed by atoms with van der Waals surface area (Å²) in [5.74, 6) is -0.480. The van der Waals surface area contributed by atoms with Gasteiger partial charge in [-0.2, -0.15) is 0 Å². The van der Waals surface area contributed by atoms with Gasteiger partial charge < -0.3 is 19.8 Å². The van der Waals surface area contributed by atoms with Crippen molar-refractivity contribution in [3.63, 3.8) is 0 Å². The zero-order valence-electron chi connectivity index (χ0n) is 23.1. The summed E-state index contributed by atoms with van der Waals surface area (Å²) >= 11 is 0. The zero-order chi connectivity index (χ0) is 30.0. The second kappa shape index (κ2) is 12.0. The monoisotopic (exact) mass is 606 g/mol. The number of aromatic nitrogens is 2. The summed E-state index contributed by atoms with van der Waals surface area (Å²) in [5, 5.41) is 16.0. The molecule has 4 heterocycles. The first-order chi connectivity index (χ1) is 20.8. The van der Waals surface area contributed by atoms with Crippen LogP contribution >= 0.6 is 0 Å². The molecular weight excluding hydrogens is 576 g/mol. The molecule has 0 spiro atoms. The fraction of sp³-hybridized carbons (Fsp3) is 0.310. The molecular formula is C29H30N6O7S. The van der Waals surface area contributed by atoms with Crippen LogP contribution in [0.1, 0.15) is 29.6 Å². The van der Waals surface area contributed by atoms with Crippen LogP contribution in [0.2, 0.25) is 0 Å². The van der Waals surface area contributed by atoms with Gasteiger partial charge in [0.1, 0.15) is 22.8 Å². The molecule has 0 radical (unpaired) electrons. The molecule has 6 rings (SSSR count). The molecule has 2 aromatic carbocycles. The molecule has 0 unspecified atom stereocenters. The second-order valence-electron chi connectivity index (χ2n) is 10.5. The van der Waals surface area contributed by atoms with Crippen LogP contribution in [0, 0.1) is 10.1 Å². The smallest absolute Gasteiger partial charge is 0.293 e. The SMILES string of the molecule is O=C(NS(=O)(=O)c1ccc(N[C@@H]2CCN(C3CCOCC3)C2)c([N+](=O)[O-])c1)c1ccccc1Oc1cnc2[nH]ccc2c1. The molecule has 4 aromatic rings. The summed E-state index contributed by atoms with van der Waals surface area (Å²) in [6.07, 6.45) is 5.94. The van der Waals surface area contributed by atoms with Crippen LogP contribution in [0.4, 0.5) is 11.4 Å². The van der Waals surface area contributed by atoms with E-state index in [-0.39, 0.29) is 23.0 Å². The van der Waals surface area contributed by atoms with Crippen LogP contribution in [0.5, 0.6) is 11.5 Å². The molecule has 2 aliphatic heterocycles. The first kappa shape index (κ1) is 28.6. The van der Waals surface area contributed by atoms with Crippen molar-refractivity contribution in [2.45, 2.75) is 36.2 Å². The van der Waals surface area contributed by atoms with Crippen molar-refractivity contribution in [3.05, 3.63) is 82.7 Å². The molecule has 2 saturated heterocycles. The van der Waals surface area contributed by atoms with Gasteiger partial charge in [0.25, 0.3) is 21.6 Å². The van der Waals surface area contributed by atoms with E-state index in [0.29, 0.717) is 17.4 Å². The van der Waals surface area contributed by atoms with Crippen molar-refractivity contribution < 1.29 is 27.6 Å². The minimum atomic E-state index is -4.47. The number of fused-ring (bicyclic) bond motifs is 1. The maximum absolute atomic E-state index is 13.2. The minimum Gasteiger partial charge on any atom is -0.455 e.